The van der Waals surface area contributed by atoms with Gasteiger partial charge in [0.05, 0.1) is 0 Å². The van der Waals surface area contributed by atoms with Gasteiger partial charge in [0, 0.05) is 16.7 Å². The molecule has 4 nitrogen and oxygen atoms in total. The number of nitrogens with zero attached hydrogens (tertiary/aromatic N) is 1. The van der Waals surface area contributed by atoms with Gasteiger partial charge in [0.15, 0.2) is 0 Å². The van der Waals surface area contributed by atoms with Crippen molar-refractivity contribution < 1.29 is 5.21 Å². The van der Waals surface area contributed by atoms with Gasteiger partial charge in [0.2, 0.25) is 0 Å². The highest BCUT2D eigenvalue weighted by atomic mass is 32.2. The summed E-state index contributed by atoms with van der Waals surface area (Å²) in [5.41, 5.74) is 5.35. The third-order valence-electron chi connectivity index (χ3n) is 2.83. The van der Waals surface area contributed by atoms with Crippen molar-refractivity contribution in [2.45, 2.75) is 38.9 Å². The van der Waals surface area contributed by atoms with Crippen LogP contribution in [0.3, 0.4) is 0 Å². The van der Waals surface area contributed by atoms with Crippen LogP contribution in [0.2, 0.25) is 0 Å². The van der Waals surface area contributed by atoms with Gasteiger partial charge in [0.25, 0.3) is 0 Å². The van der Waals surface area contributed by atoms with E-state index in [1.54, 1.807) is 0 Å². The molecule has 0 aromatic carbocycles. The number of hydrogen-bond acceptors (Lipinski definition) is 4. The summed E-state index contributed by atoms with van der Waals surface area (Å²) < 4.78 is 0.251. The zero-order chi connectivity index (χ0) is 12.8. The lowest BCUT2D eigenvalue weighted by Gasteiger charge is -2.26. The van der Waals surface area contributed by atoms with E-state index in [1.165, 1.54) is 0 Å². The van der Waals surface area contributed by atoms with E-state index >= 15 is 0 Å². The summed E-state index contributed by atoms with van der Waals surface area (Å²) in [4.78, 5) is 0. The smallest absolute Gasteiger partial charge is 0.144 e. The first kappa shape index (κ1) is 15.6. The average molecular weight is 247 g/mol. The minimum absolute atomic E-state index is 0.251. The quantitative estimate of drug-likeness (QED) is 0.211. The Balaban J connectivity index is 3.91. The molecule has 0 bridgehead atoms. The van der Waals surface area contributed by atoms with E-state index in [2.05, 4.69) is 30.6 Å². The highest BCUT2D eigenvalue weighted by Gasteiger charge is 2.23. The van der Waals surface area contributed by atoms with Crippen molar-refractivity contribution >= 4 is 17.6 Å². The molecule has 0 radical (unpaired) electrons. The van der Waals surface area contributed by atoms with Crippen LogP contribution in [-0.4, -0.2) is 35.1 Å². The summed E-state index contributed by atoms with van der Waals surface area (Å²) in [7, 11) is 0. The molecule has 0 spiro atoms. The first-order valence-corrected chi connectivity index (χ1v) is 6.71. The van der Waals surface area contributed by atoms with Crippen molar-refractivity contribution in [1.29, 1.82) is 0 Å². The fourth-order valence-corrected chi connectivity index (χ4v) is 1.37. The number of amidine groups is 1. The Hall–Kier alpha value is -0.420. The Morgan fingerprint density at radius 1 is 1.38 bits per heavy atom. The summed E-state index contributed by atoms with van der Waals surface area (Å²) in [6.45, 7) is 10.2. The van der Waals surface area contributed by atoms with Gasteiger partial charge in [-0.25, -0.2) is 0 Å². The van der Waals surface area contributed by atoms with E-state index in [0.29, 0.717) is 5.84 Å². The molecule has 0 aromatic rings. The highest BCUT2D eigenvalue weighted by molar-refractivity contribution is 7.99. The second kappa shape index (κ2) is 6.35. The number of thioether (sulfide) groups is 1. The van der Waals surface area contributed by atoms with E-state index in [4.69, 9.17) is 10.9 Å². The number of oxime groups is 1. The third kappa shape index (κ3) is 5.61. The fourth-order valence-electron chi connectivity index (χ4n) is 1.13. The van der Waals surface area contributed by atoms with E-state index < -0.39 is 0 Å². The molecule has 5 heteroatoms. The fraction of sp³-hybridized carbons (Fsp3) is 0.909. The van der Waals surface area contributed by atoms with Crippen LogP contribution < -0.4 is 11.1 Å². The summed E-state index contributed by atoms with van der Waals surface area (Å²) in [5.74, 6) is 0.290. The standard InChI is InChI=1S/C11H25N3OS/c1-10(2,9(12)14-15)6-7-13-8-11(3,4)16-5/h13,15H,6-8H2,1-5H3,(H2,12,14). The molecule has 96 valence electrons. The van der Waals surface area contributed by atoms with Crippen molar-refractivity contribution in [2.24, 2.45) is 16.3 Å². The van der Waals surface area contributed by atoms with Gasteiger partial charge < -0.3 is 16.3 Å². The van der Waals surface area contributed by atoms with Gasteiger partial charge >= 0.3 is 0 Å². The molecular weight excluding hydrogens is 222 g/mol. The monoisotopic (exact) mass is 247 g/mol. The first-order valence-electron chi connectivity index (χ1n) is 5.49. The van der Waals surface area contributed by atoms with Crippen molar-refractivity contribution in [3.63, 3.8) is 0 Å². The first-order chi connectivity index (χ1) is 7.25. The minimum Gasteiger partial charge on any atom is -0.409 e. The van der Waals surface area contributed by atoms with Crippen LogP contribution in [0, 0.1) is 5.41 Å². The number of nitrogens with two attached hydrogens (primary N) is 1. The predicted molar refractivity (Wildman–Crippen MR) is 72.3 cm³/mol. The Kier molecular flexibility index (Phi) is 6.18. The molecule has 0 saturated carbocycles. The van der Waals surface area contributed by atoms with Crippen LogP contribution in [0.25, 0.3) is 0 Å². The summed E-state index contributed by atoms with van der Waals surface area (Å²) >= 11 is 1.84. The van der Waals surface area contributed by atoms with Gasteiger partial charge in [-0.15, -0.1) is 0 Å². The maximum atomic E-state index is 8.63. The van der Waals surface area contributed by atoms with Gasteiger partial charge in [-0.05, 0) is 33.1 Å². The van der Waals surface area contributed by atoms with E-state index in [1.807, 2.05) is 25.6 Å². The second-order valence-corrected chi connectivity index (χ2v) is 6.77. The molecule has 0 heterocycles. The molecule has 0 rings (SSSR count). The highest BCUT2D eigenvalue weighted by Crippen LogP contribution is 2.21. The Morgan fingerprint density at radius 3 is 2.38 bits per heavy atom. The predicted octanol–water partition coefficient (Wildman–Crippen LogP) is 1.88. The van der Waals surface area contributed by atoms with E-state index in [-0.39, 0.29) is 10.2 Å². The summed E-state index contributed by atoms with van der Waals surface area (Å²) in [5, 5.41) is 15.1. The maximum absolute atomic E-state index is 8.63. The Labute approximate surface area is 103 Å². The van der Waals surface area contributed by atoms with E-state index in [0.717, 1.165) is 19.5 Å². The zero-order valence-electron chi connectivity index (χ0n) is 11.0. The molecular formula is C11H25N3OS. The second-order valence-electron chi connectivity index (χ2n) is 5.26. The van der Waals surface area contributed by atoms with Gasteiger partial charge in [0.1, 0.15) is 5.84 Å². The molecule has 0 aliphatic rings. The molecule has 0 fully saturated rings. The van der Waals surface area contributed by atoms with Crippen LogP contribution in [0.4, 0.5) is 0 Å². The molecule has 4 N–H and O–H groups in total. The maximum Gasteiger partial charge on any atom is 0.144 e. The Bertz CT molecular complexity index is 239. The van der Waals surface area contributed by atoms with Crippen LogP contribution in [-0.2, 0) is 0 Å². The Morgan fingerprint density at radius 2 is 1.94 bits per heavy atom. The number of nitrogens with one attached hydrogen (secondary N) is 1. The van der Waals surface area contributed by atoms with Crippen LogP contribution in [0.15, 0.2) is 5.16 Å². The summed E-state index contributed by atoms with van der Waals surface area (Å²) in [6, 6.07) is 0. The van der Waals surface area contributed by atoms with Crippen molar-refractivity contribution in [2.75, 3.05) is 19.3 Å². The molecule has 0 aliphatic heterocycles. The minimum atomic E-state index is -0.259. The normalized spacial score (nSPS) is 14.2. The van der Waals surface area contributed by atoms with Crippen LogP contribution in [0.5, 0.6) is 0 Å². The number of hydrogen-bond donors (Lipinski definition) is 3. The number of rotatable bonds is 7. The van der Waals surface area contributed by atoms with Crippen molar-refractivity contribution in [3.05, 3.63) is 0 Å². The lowest BCUT2D eigenvalue weighted by Crippen LogP contribution is -2.38. The summed E-state index contributed by atoms with van der Waals surface area (Å²) in [6.07, 6.45) is 2.97. The molecule has 0 aliphatic carbocycles. The van der Waals surface area contributed by atoms with Crippen molar-refractivity contribution in [1.82, 2.24) is 5.32 Å². The zero-order valence-corrected chi connectivity index (χ0v) is 11.8. The van der Waals surface area contributed by atoms with Crippen LogP contribution >= 0.6 is 11.8 Å². The molecule has 0 amide bonds. The van der Waals surface area contributed by atoms with Crippen LogP contribution in [0.1, 0.15) is 34.1 Å². The van der Waals surface area contributed by atoms with Gasteiger partial charge in [-0.1, -0.05) is 19.0 Å². The lowest BCUT2D eigenvalue weighted by molar-refractivity contribution is 0.305. The van der Waals surface area contributed by atoms with Gasteiger partial charge in [-0.2, -0.15) is 11.8 Å². The average Bonchev–Trinajstić information content (AvgIpc) is 2.23. The molecule has 0 aromatic heterocycles. The lowest BCUT2D eigenvalue weighted by atomic mass is 9.88. The third-order valence-corrected chi connectivity index (χ3v) is 4.08. The molecule has 0 unspecified atom stereocenters. The molecule has 0 saturated heterocycles. The SMILES string of the molecule is CSC(C)(C)CNCCC(C)(C)C(N)=NO. The topological polar surface area (TPSA) is 70.6 Å². The van der Waals surface area contributed by atoms with E-state index in [9.17, 15) is 0 Å². The van der Waals surface area contributed by atoms with Crippen molar-refractivity contribution in [3.8, 4) is 0 Å². The largest absolute Gasteiger partial charge is 0.409 e. The molecule has 0 atom stereocenters. The molecule has 16 heavy (non-hydrogen) atoms. The van der Waals surface area contributed by atoms with Gasteiger partial charge in [-0.3, -0.25) is 0 Å².